The van der Waals surface area contributed by atoms with E-state index < -0.39 is 0 Å². The molecule has 1 aromatic carbocycles. The van der Waals surface area contributed by atoms with Crippen LogP contribution in [0, 0.1) is 0 Å². The summed E-state index contributed by atoms with van der Waals surface area (Å²) in [5, 5.41) is 4.87. The first-order chi connectivity index (χ1) is 14.6. The normalized spacial score (nSPS) is 13.5. The molecule has 2 atom stereocenters. The third-order valence-corrected chi connectivity index (χ3v) is 6.19. The number of ether oxygens (including phenoxy) is 1. The first-order valence-electron chi connectivity index (χ1n) is 12.0. The molecule has 0 aliphatic heterocycles. The van der Waals surface area contributed by atoms with Crippen LogP contribution in [0.3, 0.4) is 0 Å². The molecule has 2 aromatic rings. The van der Waals surface area contributed by atoms with Gasteiger partial charge in [0.05, 0.1) is 18.3 Å². The molecule has 1 heterocycles. The maximum Gasteiger partial charge on any atom is 0.121 e. The third-order valence-electron chi connectivity index (χ3n) is 6.19. The molecule has 2 rings (SSSR count). The lowest BCUT2D eigenvalue weighted by atomic mass is 10.1. The molecule has 4 heteroatoms. The molecule has 4 nitrogen and oxygen atoms in total. The molecule has 0 fully saturated rings. The standard InChI is InChI=1S/C26H43N3O/c1-6-8-10-12-17-29(18-13-11-9-7-2)22(4)21(3)28-25-20-24(30-5)19-23-15-14-16-27-26(23)25/h14-16,19-22,28H,6-13,17-18H2,1-5H3. The van der Waals surface area contributed by atoms with E-state index >= 15 is 0 Å². The zero-order chi connectivity index (χ0) is 21.8. The fourth-order valence-corrected chi connectivity index (χ4v) is 4.08. The molecule has 0 saturated carbocycles. The van der Waals surface area contributed by atoms with Crippen molar-refractivity contribution >= 4 is 16.6 Å². The minimum atomic E-state index is 0.319. The van der Waals surface area contributed by atoms with Gasteiger partial charge in [0.25, 0.3) is 0 Å². The highest BCUT2D eigenvalue weighted by Crippen LogP contribution is 2.29. The Bertz CT molecular complexity index is 721. The number of anilines is 1. The zero-order valence-electron chi connectivity index (χ0n) is 19.9. The van der Waals surface area contributed by atoms with Crippen molar-refractivity contribution in [3.8, 4) is 5.75 Å². The number of nitrogens with zero attached hydrogens (tertiary/aromatic N) is 2. The smallest absolute Gasteiger partial charge is 0.121 e. The average Bonchev–Trinajstić information content (AvgIpc) is 2.77. The Balaban J connectivity index is 2.09. The van der Waals surface area contributed by atoms with E-state index in [1.165, 1.54) is 64.5 Å². The van der Waals surface area contributed by atoms with Crippen LogP contribution in [0.4, 0.5) is 5.69 Å². The fraction of sp³-hybridized carbons (Fsp3) is 0.654. The van der Waals surface area contributed by atoms with Gasteiger partial charge in [0.15, 0.2) is 0 Å². The summed E-state index contributed by atoms with van der Waals surface area (Å²) in [6.07, 6.45) is 12.4. The predicted molar refractivity (Wildman–Crippen MR) is 131 cm³/mol. The van der Waals surface area contributed by atoms with E-state index in [1.807, 2.05) is 12.3 Å². The minimum absolute atomic E-state index is 0.319. The maximum atomic E-state index is 5.53. The number of unbranched alkanes of at least 4 members (excludes halogenated alkanes) is 6. The summed E-state index contributed by atoms with van der Waals surface area (Å²) < 4.78 is 5.53. The number of methoxy groups -OCH3 is 1. The van der Waals surface area contributed by atoms with Crippen LogP contribution in [-0.2, 0) is 0 Å². The molecular formula is C26H43N3O. The first kappa shape index (κ1) is 24.5. The lowest BCUT2D eigenvalue weighted by Gasteiger charge is -2.34. The van der Waals surface area contributed by atoms with Gasteiger partial charge in [0.1, 0.15) is 5.75 Å². The predicted octanol–water partition coefficient (Wildman–Crippen LogP) is 6.89. The number of benzene rings is 1. The molecule has 30 heavy (non-hydrogen) atoms. The van der Waals surface area contributed by atoms with Crippen LogP contribution in [0.1, 0.15) is 79.1 Å². The molecule has 0 bridgehead atoms. The van der Waals surface area contributed by atoms with Crippen LogP contribution in [0.2, 0.25) is 0 Å². The molecule has 0 spiro atoms. The molecule has 0 saturated heterocycles. The van der Waals surface area contributed by atoms with E-state index in [-0.39, 0.29) is 0 Å². The van der Waals surface area contributed by atoms with E-state index in [0.29, 0.717) is 12.1 Å². The molecule has 168 valence electrons. The van der Waals surface area contributed by atoms with Crippen molar-refractivity contribution < 1.29 is 4.74 Å². The van der Waals surface area contributed by atoms with Crippen LogP contribution in [-0.4, -0.2) is 42.2 Å². The Labute approximate surface area is 184 Å². The van der Waals surface area contributed by atoms with Crippen LogP contribution in [0.5, 0.6) is 5.75 Å². The lowest BCUT2D eigenvalue weighted by Crippen LogP contribution is -2.44. The molecule has 1 N–H and O–H groups in total. The number of hydrogen-bond donors (Lipinski definition) is 1. The summed E-state index contributed by atoms with van der Waals surface area (Å²) in [4.78, 5) is 7.32. The second kappa shape index (κ2) is 13.5. The first-order valence-corrected chi connectivity index (χ1v) is 12.0. The Morgan fingerprint density at radius 1 is 0.967 bits per heavy atom. The van der Waals surface area contributed by atoms with Crippen molar-refractivity contribution in [1.29, 1.82) is 0 Å². The van der Waals surface area contributed by atoms with Gasteiger partial charge in [-0.15, -0.1) is 0 Å². The molecule has 0 aliphatic carbocycles. The van der Waals surface area contributed by atoms with Crippen molar-refractivity contribution in [2.75, 3.05) is 25.5 Å². The molecule has 2 unspecified atom stereocenters. The fourth-order valence-electron chi connectivity index (χ4n) is 4.08. The van der Waals surface area contributed by atoms with Gasteiger partial charge in [-0.1, -0.05) is 58.4 Å². The Kier molecular flexibility index (Phi) is 11.0. The van der Waals surface area contributed by atoms with Crippen molar-refractivity contribution in [1.82, 2.24) is 9.88 Å². The monoisotopic (exact) mass is 413 g/mol. The lowest BCUT2D eigenvalue weighted by molar-refractivity contribution is 0.186. The maximum absolute atomic E-state index is 5.53. The Hall–Kier alpha value is -1.81. The van der Waals surface area contributed by atoms with Gasteiger partial charge in [-0.3, -0.25) is 9.88 Å². The topological polar surface area (TPSA) is 37.4 Å². The molecule has 0 radical (unpaired) electrons. The van der Waals surface area contributed by atoms with Crippen molar-refractivity contribution in [3.05, 3.63) is 30.5 Å². The van der Waals surface area contributed by atoms with Gasteiger partial charge >= 0.3 is 0 Å². The highest BCUT2D eigenvalue weighted by Gasteiger charge is 2.20. The summed E-state index contributed by atoms with van der Waals surface area (Å²) >= 11 is 0. The number of pyridine rings is 1. The zero-order valence-corrected chi connectivity index (χ0v) is 19.9. The van der Waals surface area contributed by atoms with E-state index in [1.54, 1.807) is 7.11 Å². The Morgan fingerprint density at radius 2 is 1.63 bits per heavy atom. The summed E-state index contributed by atoms with van der Waals surface area (Å²) in [5.74, 6) is 0.869. The van der Waals surface area contributed by atoms with Gasteiger partial charge in [0.2, 0.25) is 0 Å². The van der Waals surface area contributed by atoms with Gasteiger partial charge in [0, 0.05) is 29.7 Å². The van der Waals surface area contributed by atoms with Crippen molar-refractivity contribution in [2.24, 2.45) is 0 Å². The summed E-state index contributed by atoms with van der Waals surface area (Å²) in [6, 6.07) is 8.97. The van der Waals surface area contributed by atoms with Crippen LogP contribution in [0.25, 0.3) is 10.9 Å². The Morgan fingerprint density at radius 3 is 2.23 bits per heavy atom. The van der Waals surface area contributed by atoms with Gasteiger partial charge in [-0.25, -0.2) is 0 Å². The van der Waals surface area contributed by atoms with Gasteiger partial charge in [-0.05, 0) is 51.9 Å². The van der Waals surface area contributed by atoms with Crippen molar-refractivity contribution in [2.45, 2.75) is 91.1 Å². The van der Waals surface area contributed by atoms with Gasteiger partial charge in [-0.2, -0.15) is 0 Å². The second-order valence-corrected chi connectivity index (χ2v) is 8.58. The quantitative estimate of drug-likeness (QED) is 0.322. The van der Waals surface area contributed by atoms with E-state index in [4.69, 9.17) is 4.74 Å². The highest BCUT2D eigenvalue weighted by atomic mass is 16.5. The summed E-state index contributed by atoms with van der Waals surface area (Å²) in [6.45, 7) is 11.6. The molecule has 0 aliphatic rings. The van der Waals surface area contributed by atoms with Crippen LogP contribution in [0.15, 0.2) is 30.5 Å². The number of hydrogen-bond acceptors (Lipinski definition) is 4. The third kappa shape index (κ3) is 7.46. The molecule has 1 aromatic heterocycles. The minimum Gasteiger partial charge on any atom is -0.497 e. The summed E-state index contributed by atoms with van der Waals surface area (Å²) in [5.41, 5.74) is 2.07. The second-order valence-electron chi connectivity index (χ2n) is 8.58. The highest BCUT2D eigenvalue weighted by molar-refractivity contribution is 5.91. The van der Waals surface area contributed by atoms with E-state index in [0.717, 1.165) is 22.3 Å². The van der Waals surface area contributed by atoms with Crippen LogP contribution < -0.4 is 10.1 Å². The number of rotatable bonds is 15. The molecular weight excluding hydrogens is 370 g/mol. The largest absolute Gasteiger partial charge is 0.497 e. The number of fused-ring (bicyclic) bond motifs is 1. The van der Waals surface area contributed by atoms with Crippen LogP contribution >= 0.6 is 0 Å². The summed E-state index contributed by atoms with van der Waals surface area (Å²) in [7, 11) is 1.72. The average molecular weight is 414 g/mol. The number of aromatic nitrogens is 1. The van der Waals surface area contributed by atoms with Crippen molar-refractivity contribution in [3.63, 3.8) is 0 Å². The SMILES string of the molecule is CCCCCCN(CCCCCC)C(C)C(C)Nc1cc(OC)cc2cccnc12. The number of nitrogens with one attached hydrogen (secondary N) is 1. The molecule has 0 amide bonds. The van der Waals surface area contributed by atoms with Gasteiger partial charge < -0.3 is 10.1 Å². The van der Waals surface area contributed by atoms with E-state index in [9.17, 15) is 0 Å². The van der Waals surface area contributed by atoms with E-state index in [2.05, 4.69) is 61.1 Å².